The van der Waals surface area contributed by atoms with E-state index in [9.17, 15) is 8.42 Å². The molecule has 0 atom stereocenters. The SMILES string of the molecule is N#Cc1ccc(C#N)c(N2NOS(=O)(=O)O2)c1. The van der Waals surface area contributed by atoms with E-state index in [1.54, 1.807) is 0 Å². The predicted octanol–water partition coefficient (Wildman–Crippen LogP) is -0.137. The highest BCUT2D eigenvalue weighted by Crippen LogP contribution is 2.24. The second kappa shape index (κ2) is 4.01. The molecule has 0 amide bonds. The fraction of sp³-hybridized carbons (Fsp3) is 0. The molecule has 17 heavy (non-hydrogen) atoms. The molecule has 1 fully saturated rings. The van der Waals surface area contributed by atoms with Crippen LogP contribution in [0, 0.1) is 22.7 Å². The molecule has 9 heteroatoms. The molecule has 0 saturated carbocycles. The second-order valence-electron chi connectivity index (χ2n) is 2.91. The normalized spacial score (nSPS) is 17.4. The van der Waals surface area contributed by atoms with Crippen molar-refractivity contribution >= 4 is 16.1 Å². The average molecular weight is 252 g/mol. The number of nitrogens with one attached hydrogen (secondary N) is 1. The summed E-state index contributed by atoms with van der Waals surface area (Å²) in [5.74, 6) is 0. The second-order valence-corrected chi connectivity index (χ2v) is 4.04. The quantitative estimate of drug-likeness (QED) is 0.734. The first-order chi connectivity index (χ1) is 8.05. The van der Waals surface area contributed by atoms with Crippen molar-refractivity contribution in [3.8, 4) is 12.1 Å². The van der Waals surface area contributed by atoms with Gasteiger partial charge >= 0.3 is 10.4 Å². The van der Waals surface area contributed by atoms with Crippen molar-refractivity contribution in [2.24, 2.45) is 0 Å². The van der Waals surface area contributed by atoms with Crippen LogP contribution in [0.25, 0.3) is 0 Å². The molecule has 1 heterocycles. The standard InChI is InChI=1S/C8H4N4O4S/c9-4-6-1-2-7(5-10)8(3-6)12-11-15-17(13,14)16-12/h1-3,11H. The lowest BCUT2D eigenvalue weighted by Crippen LogP contribution is -2.29. The first kappa shape index (κ1) is 11.3. The molecule has 1 aliphatic heterocycles. The molecule has 0 aliphatic carbocycles. The maximum atomic E-state index is 10.9. The van der Waals surface area contributed by atoms with Gasteiger partial charge in [0.2, 0.25) is 0 Å². The van der Waals surface area contributed by atoms with E-state index in [1.165, 1.54) is 18.2 Å². The van der Waals surface area contributed by atoms with Gasteiger partial charge in [-0.2, -0.15) is 18.9 Å². The minimum absolute atomic E-state index is 0.0626. The van der Waals surface area contributed by atoms with Crippen LogP contribution in [-0.4, -0.2) is 8.42 Å². The molecule has 0 bridgehead atoms. The lowest BCUT2D eigenvalue weighted by atomic mass is 10.1. The van der Waals surface area contributed by atoms with Crippen LogP contribution >= 0.6 is 0 Å². The third kappa shape index (κ3) is 2.18. The first-order valence-electron chi connectivity index (χ1n) is 4.19. The molecule has 1 saturated heterocycles. The van der Waals surface area contributed by atoms with Crippen LogP contribution in [0.2, 0.25) is 0 Å². The average Bonchev–Trinajstić information content (AvgIpc) is 2.68. The molecule has 0 unspecified atom stereocenters. The molecule has 1 aromatic rings. The summed E-state index contributed by atoms with van der Waals surface area (Å²) < 4.78 is 30.2. The van der Waals surface area contributed by atoms with Gasteiger partial charge in [0.1, 0.15) is 11.8 Å². The molecular formula is C8H4N4O4S. The summed E-state index contributed by atoms with van der Waals surface area (Å²) in [7, 11) is -4.17. The van der Waals surface area contributed by atoms with Gasteiger partial charge in [0.05, 0.1) is 17.2 Å². The summed E-state index contributed by atoms with van der Waals surface area (Å²) in [5.41, 5.74) is 2.38. The summed E-state index contributed by atoms with van der Waals surface area (Å²) in [6, 6.07) is 7.76. The zero-order valence-electron chi connectivity index (χ0n) is 8.11. The number of benzene rings is 1. The van der Waals surface area contributed by atoms with Crippen molar-refractivity contribution in [1.29, 1.82) is 10.5 Å². The van der Waals surface area contributed by atoms with E-state index in [-0.39, 0.29) is 16.8 Å². The van der Waals surface area contributed by atoms with Gasteiger partial charge in [0, 0.05) is 0 Å². The van der Waals surface area contributed by atoms with Gasteiger partial charge in [-0.25, -0.2) is 0 Å². The molecule has 0 radical (unpaired) electrons. The zero-order valence-corrected chi connectivity index (χ0v) is 8.93. The van der Waals surface area contributed by atoms with Crippen molar-refractivity contribution in [2.75, 3.05) is 5.17 Å². The van der Waals surface area contributed by atoms with Crippen LogP contribution in [0.15, 0.2) is 18.2 Å². The Morgan fingerprint density at radius 2 is 2.06 bits per heavy atom. The molecule has 1 N–H and O–H groups in total. The third-order valence-corrected chi connectivity index (χ3v) is 2.46. The van der Waals surface area contributed by atoms with E-state index in [1.807, 2.05) is 17.7 Å². The van der Waals surface area contributed by atoms with E-state index >= 15 is 0 Å². The number of nitriles is 2. The van der Waals surface area contributed by atoms with Crippen LogP contribution in [-0.2, 0) is 19.0 Å². The maximum absolute atomic E-state index is 10.9. The number of nitrogens with zero attached hydrogens (tertiary/aromatic N) is 3. The Bertz CT molecular complexity index is 642. The van der Waals surface area contributed by atoms with Crippen molar-refractivity contribution in [2.45, 2.75) is 0 Å². The smallest absolute Gasteiger partial charge is 0.192 e. The topological polar surface area (TPSA) is 115 Å². The van der Waals surface area contributed by atoms with E-state index in [2.05, 4.69) is 8.57 Å². The highest BCUT2D eigenvalue weighted by molar-refractivity contribution is 7.82. The van der Waals surface area contributed by atoms with Gasteiger partial charge in [-0.3, -0.25) is 0 Å². The van der Waals surface area contributed by atoms with Crippen LogP contribution < -0.4 is 10.8 Å². The maximum Gasteiger partial charge on any atom is 0.440 e. The largest absolute Gasteiger partial charge is 0.440 e. The Morgan fingerprint density at radius 1 is 1.29 bits per heavy atom. The number of hydrogen-bond donors (Lipinski definition) is 1. The van der Waals surface area contributed by atoms with E-state index in [4.69, 9.17) is 10.5 Å². The predicted molar refractivity (Wildman–Crippen MR) is 52.6 cm³/mol. The van der Waals surface area contributed by atoms with Crippen molar-refractivity contribution < 1.29 is 17.0 Å². The van der Waals surface area contributed by atoms with Gasteiger partial charge in [-0.1, -0.05) is 5.59 Å². The van der Waals surface area contributed by atoms with Crippen LogP contribution in [0.5, 0.6) is 0 Å². The minimum atomic E-state index is -4.17. The highest BCUT2D eigenvalue weighted by atomic mass is 32.3. The van der Waals surface area contributed by atoms with Crippen molar-refractivity contribution in [3.63, 3.8) is 0 Å². The summed E-state index contributed by atoms with van der Waals surface area (Å²) in [6.07, 6.45) is 0. The monoisotopic (exact) mass is 252 g/mol. The number of anilines is 1. The van der Waals surface area contributed by atoms with Crippen LogP contribution in [0.1, 0.15) is 11.1 Å². The molecular weight excluding hydrogens is 248 g/mol. The van der Waals surface area contributed by atoms with E-state index in [0.717, 1.165) is 0 Å². The summed E-state index contributed by atoms with van der Waals surface area (Å²) in [5, 5.41) is 18.2. The zero-order chi connectivity index (χ0) is 12.5. The molecule has 1 aliphatic rings. The molecule has 86 valence electrons. The highest BCUT2D eigenvalue weighted by Gasteiger charge is 2.30. The number of hydrazine groups is 1. The lowest BCUT2D eigenvalue weighted by Gasteiger charge is -2.12. The van der Waals surface area contributed by atoms with E-state index in [0.29, 0.717) is 5.17 Å². The molecule has 0 aromatic heterocycles. The van der Waals surface area contributed by atoms with Gasteiger partial charge in [-0.15, -0.1) is 13.7 Å². The fourth-order valence-corrected chi connectivity index (χ4v) is 1.64. The minimum Gasteiger partial charge on any atom is -0.192 e. The van der Waals surface area contributed by atoms with Crippen molar-refractivity contribution in [1.82, 2.24) is 5.59 Å². The molecule has 1 aromatic carbocycles. The van der Waals surface area contributed by atoms with Gasteiger partial charge in [-0.05, 0) is 18.2 Å². The number of hydrogen-bond acceptors (Lipinski definition) is 8. The molecule has 2 rings (SSSR count). The van der Waals surface area contributed by atoms with E-state index < -0.39 is 10.4 Å². The van der Waals surface area contributed by atoms with Gasteiger partial charge < -0.3 is 0 Å². The fourth-order valence-electron chi connectivity index (χ4n) is 1.15. The molecule has 8 nitrogen and oxygen atoms in total. The van der Waals surface area contributed by atoms with Gasteiger partial charge in [0.25, 0.3) is 0 Å². The summed E-state index contributed by atoms with van der Waals surface area (Å²) >= 11 is 0. The number of rotatable bonds is 1. The van der Waals surface area contributed by atoms with Crippen LogP contribution in [0.3, 0.4) is 0 Å². The first-order valence-corrected chi connectivity index (χ1v) is 5.52. The van der Waals surface area contributed by atoms with Gasteiger partial charge in [0.15, 0.2) is 0 Å². The Balaban J connectivity index is 2.45. The van der Waals surface area contributed by atoms with Crippen LogP contribution in [0.4, 0.5) is 5.69 Å². The third-order valence-electron chi connectivity index (χ3n) is 1.85. The summed E-state index contributed by atoms with van der Waals surface area (Å²) in [6.45, 7) is 0. The van der Waals surface area contributed by atoms with Crippen molar-refractivity contribution in [3.05, 3.63) is 29.3 Å². The Hall–Kier alpha value is -2.17. The Morgan fingerprint density at radius 3 is 2.59 bits per heavy atom. The molecule has 0 spiro atoms. The lowest BCUT2D eigenvalue weighted by molar-refractivity contribution is 0.198. The Labute approximate surface area is 96.4 Å². The Kier molecular flexibility index (Phi) is 2.67. The summed E-state index contributed by atoms with van der Waals surface area (Å²) in [4.78, 5) is 0.